The van der Waals surface area contributed by atoms with Gasteiger partial charge in [0, 0.05) is 0 Å². The van der Waals surface area contributed by atoms with E-state index in [1.807, 2.05) is 0 Å². The molecule has 1 heteroatoms. The predicted octanol–water partition coefficient (Wildman–Crippen LogP) is 3.77. The van der Waals surface area contributed by atoms with Gasteiger partial charge in [-0.2, -0.15) is 0 Å². The molecule has 82 valence electrons. The molecule has 0 spiro atoms. The third-order valence-electron chi connectivity index (χ3n) is 2.88. The van der Waals surface area contributed by atoms with Crippen molar-refractivity contribution in [2.75, 3.05) is 6.61 Å². The molecule has 0 atom stereocenters. The van der Waals surface area contributed by atoms with Crippen LogP contribution in [-0.2, 0) is 5.41 Å². The van der Waals surface area contributed by atoms with Crippen molar-refractivity contribution >= 4 is 0 Å². The van der Waals surface area contributed by atoms with Crippen molar-refractivity contribution in [3.63, 3.8) is 0 Å². The molecule has 0 unspecified atom stereocenters. The van der Waals surface area contributed by atoms with Gasteiger partial charge in [-0.15, -0.1) is 0 Å². The van der Waals surface area contributed by atoms with E-state index < -0.39 is 0 Å². The zero-order valence-corrected chi connectivity index (χ0v) is 9.92. The normalized spacial score (nSPS) is 16.5. The summed E-state index contributed by atoms with van der Waals surface area (Å²) >= 11 is 0. The minimum atomic E-state index is 0.207. The Hall–Kier alpha value is -0.980. The van der Waals surface area contributed by atoms with Crippen LogP contribution in [0.5, 0.6) is 5.75 Å². The lowest BCUT2D eigenvalue weighted by molar-refractivity contribution is 0.299. The lowest BCUT2D eigenvalue weighted by Gasteiger charge is -2.19. The van der Waals surface area contributed by atoms with Crippen LogP contribution in [0.2, 0.25) is 0 Å². The van der Waals surface area contributed by atoms with E-state index in [1.54, 1.807) is 0 Å². The fraction of sp³-hybridized carbons (Fsp3) is 0.571. The zero-order chi connectivity index (χ0) is 10.9. The summed E-state index contributed by atoms with van der Waals surface area (Å²) in [6.07, 6.45) is 2.69. The minimum absolute atomic E-state index is 0.207. The van der Waals surface area contributed by atoms with E-state index in [4.69, 9.17) is 4.74 Å². The van der Waals surface area contributed by atoms with Gasteiger partial charge in [0.1, 0.15) is 5.75 Å². The Bertz CT molecular complexity index is 331. The molecule has 0 amide bonds. The SMILES string of the molecule is CC(C)(C)c1cccc(OCC2CC2)c1. The molecule has 15 heavy (non-hydrogen) atoms. The summed E-state index contributed by atoms with van der Waals surface area (Å²) in [5, 5.41) is 0. The molecular weight excluding hydrogens is 184 g/mol. The highest BCUT2D eigenvalue weighted by Gasteiger charge is 2.22. The van der Waals surface area contributed by atoms with Gasteiger partial charge in [-0.25, -0.2) is 0 Å². The Morgan fingerprint density at radius 3 is 2.60 bits per heavy atom. The van der Waals surface area contributed by atoms with Crippen LogP contribution in [0.15, 0.2) is 24.3 Å². The van der Waals surface area contributed by atoms with Gasteiger partial charge in [0.2, 0.25) is 0 Å². The molecule has 1 nitrogen and oxygen atoms in total. The first-order chi connectivity index (χ1) is 7.05. The summed E-state index contributed by atoms with van der Waals surface area (Å²) in [4.78, 5) is 0. The predicted molar refractivity (Wildman–Crippen MR) is 63.4 cm³/mol. The van der Waals surface area contributed by atoms with Crippen molar-refractivity contribution in [1.29, 1.82) is 0 Å². The maximum atomic E-state index is 5.77. The first kappa shape index (κ1) is 10.5. The molecule has 0 saturated heterocycles. The Morgan fingerprint density at radius 2 is 2.00 bits per heavy atom. The van der Waals surface area contributed by atoms with Gasteiger partial charge in [-0.05, 0) is 41.9 Å². The van der Waals surface area contributed by atoms with Crippen LogP contribution in [0.1, 0.15) is 39.2 Å². The number of rotatable bonds is 3. The summed E-state index contributed by atoms with van der Waals surface area (Å²) < 4.78 is 5.77. The Labute approximate surface area is 92.5 Å². The first-order valence-electron chi connectivity index (χ1n) is 5.79. The van der Waals surface area contributed by atoms with Crippen LogP contribution in [0.4, 0.5) is 0 Å². The molecule has 0 bridgehead atoms. The second-order valence-electron chi connectivity index (χ2n) is 5.53. The molecule has 0 aliphatic heterocycles. The molecule has 2 rings (SSSR count). The van der Waals surface area contributed by atoms with Gasteiger partial charge < -0.3 is 4.74 Å². The fourth-order valence-electron chi connectivity index (χ4n) is 1.55. The lowest BCUT2D eigenvalue weighted by Crippen LogP contribution is -2.11. The van der Waals surface area contributed by atoms with Crippen molar-refractivity contribution in [2.45, 2.75) is 39.0 Å². The van der Waals surface area contributed by atoms with Gasteiger partial charge in [0.05, 0.1) is 6.61 Å². The van der Waals surface area contributed by atoms with E-state index in [0.29, 0.717) is 0 Å². The van der Waals surface area contributed by atoms with Gasteiger partial charge in [-0.1, -0.05) is 32.9 Å². The Morgan fingerprint density at radius 1 is 1.27 bits per heavy atom. The topological polar surface area (TPSA) is 9.23 Å². The van der Waals surface area contributed by atoms with E-state index in [-0.39, 0.29) is 5.41 Å². The van der Waals surface area contributed by atoms with Crippen LogP contribution in [0.3, 0.4) is 0 Å². The molecule has 1 aliphatic rings. The van der Waals surface area contributed by atoms with Crippen molar-refractivity contribution < 1.29 is 4.74 Å². The first-order valence-corrected chi connectivity index (χ1v) is 5.79. The summed E-state index contributed by atoms with van der Waals surface area (Å²) in [5.74, 6) is 1.85. The maximum Gasteiger partial charge on any atom is 0.119 e. The van der Waals surface area contributed by atoms with Gasteiger partial charge in [0.15, 0.2) is 0 Å². The average molecular weight is 204 g/mol. The minimum Gasteiger partial charge on any atom is -0.493 e. The summed E-state index contributed by atoms with van der Waals surface area (Å²) in [7, 11) is 0. The lowest BCUT2D eigenvalue weighted by atomic mass is 9.87. The Kier molecular flexibility index (Phi) is 2.72. The third kappa shape index (κ3) is 2.98. The molecule has 1 aliphatic carbocycles. The maximum absolute atomic E-state index is 5.77. The van der Waals surface area contributed by atoms with Crippen LogP contribution in [0.25, 0.3) is 0 Å². The second-order valence-corrected chi connectivity index (χ2v) is 5.53. The summed E-state index contributed by atoms with van der Waals surface area (Å²) in [5.41, 5.74) is 1.55. The van der Waals surface area contributed by atoms with Crippen molar-refractivity contribution in [1.82, 2.24) is 0 Å². The number of hydrogen-bond donors (Lipinski definition) is 0. The van der Waals surface area contributed by atoms with Crippen molar-refractivity contribution in [3.8, 4) is 5.75 Å². The molecule has 1 aromatic carbocycles. The standard InChI is InChI=1S/C14H20O/c1-14(2,3)12-5-4-6-13(9-12)15-10-11-7-8-11/h4-6,9,11H,7-8,10H2,1-3H3. The van der Waals surface area contributed by atoms with Gasteiger partial charge in [-0.3, -0.25) is 0 Å². The Balaban J connectivity index is 2.04. The molecule has 0 aromatic heterocycles. The summed E-state index contributed by atoms with van der Waals surface area (Å²) in [6, 6.07) is 8.48. The number of ether oxygens (including phenoxy) is 1. The van der Waals surface area contributed by atoms with E-state index in [9.17, 15) is 0 Å². The fourth-order valence-corrected chi connectivity index (χ4v) is 1.55. The van der Waals surface area contributed by atoms with E-state index in [1.165, 1.54) is 18.4 Å². The van der Waals surface area contributed by atoms with Gasteiger partial charge >= 0.3 is 0 Å². The van der Waals surface area contributed by atoms with E-state index in [2.05, 4.69) is 45.0 Å². The highest BCUT2D eigenvalue weighted by Crippen LogP contribution is 2.30. The average Bonchev–Trinajstić information content (AvgIpc) is 2.97. The molecule has 1 fully saturated rings. The second kappa shape index (κ2) is 3.88. The quantitative estimate of drug-likeness (QED) is 0.728. The molecule has 0 N–H and O–H groups in total. The highest BCUT2D eigenvalue weighted by atomic mass is 16.5. The van der Waals surface area contributed by atoms with Crippen molar-refractivity contribution in [3.05, 3.63) is 29.8 Å². The zero-order valence-electron chi connectivity index (χ0n) is 9.92. The molecule has 0 radical (unpaired) electrons. The van der Waals surface area contributed by atoms with Gasteiger partial charge in [0.25, 0.3) is 0 Å². The van der Waals surface area contributed by atoms with E-state index >= 15 is 0 Å². The number of hydrogen-bond acceptors (Lipinski definition) is 1. The largest absolute Gasteiger partial charge is 0.493 e. The summed E-state index contributed by atoms with van der Waals surface area (Å²) in [6.45, 7) is 7.58. The molecule has 1 saturated carbocycles. The third-order valence-corrected chi connectivity index (χ3v) is 2.88. The molecule has 1 aromatic rings. The molecular formula is C14H20O. The van der Waals surface area contributed by atoms with Crippen LogP contribution in [0, 0.1) is 5.92 Å². The van der Waals surface area contributed by atoms with Crippen molar-refractivity contribution in [2.24, 2.45) is 5.92 Å². The molecule has 0 heterocycles. The van der Waals surface area contributed by atoms with Crippen LogP contribution < -0.4 is 4.74 Å². The number of benzene rings is 1. The van der Waals surface area contributed by atoms with Crippen LogP contribution in [-0.4, -0.2) is 6.61 Å². The monoisotopic (exact) mass is 204 g/mol. The smallest absolute Gasteiger partial charge is 0.119 e. The highest BCUT2D eigenvalue weighted by molar-refractivity contribution is 5.32. The van der Waals surface area contributed by atoms with E-state index in [0.717, 1.165) is 18.3 Å². The van der Waals surface area contributed by atoms with Crippen LogP contribution >= 0.6 is 0 Å².